The van der Waals surface area contributed by atoms with Gasteiger partial charge in [0, 0.05) is 12.7 Å². The first-order chi connectivity index (χ1) is 8.63. The van der Waals surface area contributed by atoms with Crippen LogP contribution in [0.5, 0.6) is 0 Å². The molecule has 0 amide bonds. The number of unbranched alkanes of at least 4 members (excludes halogenated alkanes) is 2. The molecule has 0 aromatic carbocycles. The molecule has 0 aliphatic rings. The number of aromatic nitrogens is 3. The lowest BCUT2D eigenvalue weighted by Gasteiger charge is -2.02. The van der Waals surface area contributed by atoms with Crippen molar-refractivity contribution in [1.82, 2.24) is 14.7 Å². The van der Waals surface area contributed by atoms with Crippen LogP contribution in [0.3, 0.4) is 0 Å². The number of rotatable bonds is 5. The van der Waals surface area contributed by atoms with Gasteiger partial charge in [-0.1, -0.05) is 24.9 Å². The summed E-state index contributed by atoms with van der Waals surface area (Å²) in [6.07, 6.45) is 5.51. The summed E-state index contributed by atoms with van der Waals surface area (Å²) in [5.41, 5.74) is 8.59. The average molecular weight is 248 g/mol. The van der Waals surface area contributed by atoms with E-state index in [0.717, 1.165) is 35.7 Å². The van der Waals surface area contributed by atoms with Crippen LogP contribution in [0, 0.1) is 13.8 Å². The Morgan fingerprint density at radius 3 is 2.72 bits per heavy atom. The molecule has 0 unspecified atom stereocenters. The van der Waals surface area contributed by atoms with Crippen LogP contribution < -0.4 is 5.73 Å². The summed E-state index contributed by atoms with van der Waals surface area (Å²) in [4.78, 5) is 4.39. The zero-order valence-corrected chi connectivity index (χ0v) is 11.2. The van der Waals surface area contributed by atoms with Gasteiger partial charge in [-0.2, -0.15) is 0 Å². The lowest BCUT2D eigenvalue weighted by molar-refractivity contribution is 0.393. The van der Waals surface area contributed by atoms with Gasteiger partial charge in [0.1, 0.15) is 5.76 Å². The third-order valence-corrected chi connectivity index (χ3v) is 3.10. The molecular formula is C13H20N4O. The number of nitrogen functional groups attached to an aromatic ring is 1. The fourth-order valence-electron chi connectivity index (χ4n) is 2.11. The summed E-state index contributed by atoms with van der Waals surface area (Å²) >= 11 is 0. The van der Waals surface area contributed by atoms with Crippen LogP contribution >= 0.6 is 0 Å². The molecule has 0 radical (unpaired) electrons. The van der Waals surface area contributed by atoms with Crippen LogP contribution in [0.15, 0.2) is 10.7 Å². The first-order valence-corrected chi connectivity index (χ1v) is 6.39. The Hall–Kier alpha value is -1.78. The second-order valence-corrected chi connectivity index (χ2v) is 4.58. The van der Waals surface area contributed by atoms with E-state index in [1.165, 1.54) is 12.8 Å². The van der Waals surface area contributed by atoms with Crippen molar-refractivity contribution in [1.29, 1.82) is 0 Å². The van der Waals surface area contributed by atoms with Crippen LogP contribution in [-0.2, 0) is 6.54 Å². The maximum Gasteiger partial charge on any atom is 0.200 e. The van der Waals surface area contributed by atoms with Gasteiger partial charge in [0.05, 0.1) is 17.0 Å². The molecule has 2 rings (SSSR count). The first kappa shape index (κ1) is 12.7. The van der Waals surface area contributed by atoms with Gasteiger partial charge in [-0.05, 0) is 20.3 Å². The predicted octanol–water partition coefficient (Wildman–Crippen LogP) is 2.93. The highest BCUT2D eigenvalue weighted by atomic mass is 16.5. The maximum absolute atomic E-state index is 5.93. The molecule has 98 valence electrons. The lowest BCUT2D eigenvalue weighted by Crippen LogP contribution is -2.02. The Balaban J connectivity index is 2.23. The number of imidazole rings is 1. The molecular weight excluding hydrogens is 228 g/mol. The minimum absolute atomic E-state index is 0.557. The van der Waals surface area contributed by atoms with Crippen LogP contribution in [0.4, 0.5) is 5.95 Å². The average Bonchev–Trinajstić information content (AvgIpc) is 2.84. The van der Waals surface area contributed by atoms with Crippen molar-refractivity contribution in [2.45, 2.75) is 46.6 Å². The highest BCUT2D eigenvalue weighted by Gasteiger charge is 2.15. The van der Waals surface area contributed by atoms with Crippen molar-refractivity contribution in [2.24, 2.45) is 0 Å². The monoisotopic (exact) mass is 248 g/mol. The van der Waals surface area contributed by atoms with Crippen molar-refractivity contribution >= 4 is 5.95 Å². The van der Waals surface area contributed by atoms with Crippen LogP contribution in [0.25, 0.3) is 11.3 Å². The van der Waals surface area contributed by atoms with E-state index in [2.05, 4.69) is 17.1 Å². The van der Waals surface area contributed by atoms with Gasteiger partial charge in [-0.3, -0.25) is 0 Å². The Bertz CT molecular complexity index is 508. The van der Waals surface area contributed by atoms with E-state index in [9.17, 15) is 0 Å². The molecule has 0 fully saturated rings. The lowest BCUT2D eigenvalue weighted by atomic mass is 10.1. The third kappa shape index (κ3) is 2.39. The fraction of sp³-hybridized carbons (Fsp3) is 0.538. The number of nitrogens with two attached hydrogens (primary N) is 1. The van der Waals surface area contributed by atoms with E-state index < -0.39 is 0 Å². The summed E-state index contributed by atoms with van der Waals surface area (Å²) in [5, 5.41) is 3.94. The van der Waals surface area contributed by atoms with Gasteiger partial charge in [-0.25, -0.2) is 4.98 Å². The van der Waals surface area contributed by atoms with Gasteiger partial charge in [-0.15, -0.1) is 0 Å². The Morgan fingerprint density at radius 2 is 2.11 bits per heavy atom. The molecule has 2 heterocycles. The third-order valence-electron chi connectivity index (χ3n) is 3.10. The SMILES string of the molecule is CCCCCn1cc(-c2c(C)noc2C)nc1N. The van der Waals surface area contributed by atoms with Crippen LogP contribution in [0.1, 0.15) is 37.6 Å². The topological polar surface area (TPSA) is 69.9 Å². The summed E-state index contributed by atoms with van der Waals surface area (Å²) in [7, 11) is 0. The van der Waals surface area contributed by atoms with E-state index >= 15 is 0 Å². The molecule has 2 aromatic rings. The van der Waals surface area contributed by atoms with E-state index in [0.29, 0.717) is 5.95 Å². The predicted molar refractivity (Wildman–Crippen MR) is 71.1 cm³/mol. The molecule has 0 bridgehead atoms. The normalized spacial score (nSPS) is 11.1. The van der Waals surface area contributed by atoms with Gasteiger partial charge in [0.2, 0.25) is 5.95 Å². The first-order valence-electron chi connectivity index (χ1n) is 6.39. The minimum Gasteiger partial charge on any atom is -0.369 e. The maximum atomic E-state index is 5.93. The summed E-state index contributed by atoms with van der Waals surface area (Å²) in [6.45, 7) is 6.91. The molecule has 0 saturated carbocycles. The van der Waals surface area contributed by atoms with Crippen molar-refractivity contribution < 1.29 is 4.52 Å². The highest BCUT2D eigenvalue weighted by Crippen LogP contribution is 2.26. The molecule has 0 aliphatic carbocycles. The van der Waals surface area contributed by atoms with Crippen molar-refractivity contribution in [3.05, 3.63) is 17.7 Å². The van der Waals surface area contributed by atoms with Gasteiger partial charge in [0.15, 0.2) is 0 Å². The van der Waals surface area contributed by atoms with Crippen LogP contribution in [-0.4, -0.2) is 14.7 Å². The smallest absolute Gasteiger partial charge is 0.200 e. The van der Waals surface area contributed by atoms with E-state index in [1.54, 1.807) is 0 Å². The summed E-state index contributed by atoms with van der Waals surface area (Å²) < 4.78 is 7.15. The van der Waals surface area contributed by atoms with Gasteiger partial charge < -0.3 is 14.8 Å². The van der Waals surface area contributed by atoms with E-state index in [-0.39, 0.29) is 0 Å². The Morgan fingerprint density at radius 1 is 1.33 bits per heavy atom. The number of hydrogen-bond donors (Lipinski definition) is 1. The molecule has 2 aromatic heterocycles. The second-order valence-electron chi connectivity index (χ2n) is 4.58. The molecule has 18 heavy (non-hydrogen) atoms. The Kier molecular flexibility index (Phi) is 3.69. The number of nitrogens with zero attached hydrogens (tertiary/aromatic N) is 3. The molecule has 0 saturated heterocycles. The molecule has 0 atom stereocenters. The van der Waals surface area contributed by atoms with Crippen molar-refractivity contribution in [3.8, 4) is 11.3 Å². The van der Waals surface area contributed by atoms with Crippen molar-refractivity contribution in [3.63, 3.8) is 0 Å². The van der Waals surface area contributed by atoms with Crippen LogP contribution in [0.2, 0.25) is 0 Å². The zero-order chi connectivity index (χ0) is 13.1. The van der Waals surface area contributed by atoms with E-state index in [4.69, 9.17) is 10.3 Å². The fourth-order valence-corrected chi connectivity index (χ4v) is 2.11. The molecule has 0 aliphatic heterocycles. The van der Waals surface area contributed by atoms with Gasteiger partial charge in [0.25, 0.3) is 0 Å². The Labute approximate surface area is 107 Å². The summed E-state index contributed by atoms with van der Waals surface area (Å²) in [6, 6.07) is 0. The summed E-state index contributed by atoms with van der Waals surface area (Å²) in [5.74, 6) is 1.34. The van der Waals surface area contributed by atoms with Crippen molar-refractivity contribution in [2.75, 3.05) is 5.73 Å². The standard InChI is InChI=1S/C13H20N4O/c1-4-5-6-7-17-8-11(15-13(17)14)12-9(2)16-18-10(12)3/h8H,4-7H2,1-3H3,(H2,14,15). The molecule has 2 N–H and O–H groups in total. The number of aryl methyl sites for hydroxylation is 3. The highest BCUT2D eigenvalue weighted by molar-refractivity contribution is 5.64. The quantitative estimate of drug-likeness (QED) is 0.826. The van der Waals surface area contributed by atoms with Gasteiger partial charge >= 0.3 is 0 Å². The zero-order valence-electron chi connectivity index (χ0n) is 11.2. The number of hydrogen-bond acceptors (Lipinski definition) is 4. The molecule has 5 nitrogen and oxygen atoms in total. The minimum atomic E-state index is 0.557. The van der Waals surface area contributed by atoms with E-state index in [1.807, 2.05) is 24.6 Å². The molecule has 0 spiro atoms. The largest absolute Gasteiger partial charge is 0.369 e. The molecule has 5 heteroatoms. The second kappa shape index (κ2) is 5.25. The number of anilines is 1.